The molecule has 1 aromatic carbocycles. The van der Waals surface area contributed by atoms with Gasteiger partial charge in [-0.25, -0.2) is 0 Å². The lowest BCUT2D eigenvalue weighted by Crippen LogP contribution is -2.34. The van der Waals surface area contributed by atoms with Crippen LogP contribution in [0.2, 0.25) is 0 Å². The number of thiazole rings is 1. The summed E-state index contributed by atoms with van der Waals surface area (Å²) in [5.74, 6) is 0.711. The fourth-order valence-electron chi connectivity index (χ4n) is 1.51. The molecule has 1 nitrogen and oxygen atoms in total. The lowest BCUT2D eigenvalue weighted by atomic mass is 10.2. The number of nitrogens with zero attached hydrogens (tertiary/aromatic N) is 1. The fraction of sp³-hybridized carbons (Fsp3) is 0.364. The highest BCUT2D eigenvalue weighted by Gasteiger charge is 2.11. The first-order valence-corrected chi connectivity index (χ1v) is 5.51. The maximum absolute atomic E-state index is 2.34. The summed E-state index contributed by atoms with van der Waals surface area (Å²) < 4.78 is 3.72. The van der Waals surface area contributed by atoms with Gasteiger partial charge in [0.1, 0.15) is 4.70 Å². The Labute approximate surface area is 82.6 Å². The highest BCUT2D eigenvalue weighted by Crippen LogP contribution is 2.15. The van der Waals surface area contributed by atoms with Gasteiger partial charge in [0, 0.05) is 12.0 Å². The summed E-state index contributed by atoms with van der Waals surface area (Å²) in [5, 5.41) is 0. The molecule has 0 fully saturated rings. The Morgan fingerprint density at radius 1 is 1.31 bits per heavy atom. The van der Waals surface area contributed by atoms with Crippen LogP contribution in [0.3, 0.4) is 0 Å². The Kier molecular flexibility index (Phi) is 2.32. The summed E-state index contributed by atoms with van der Waals surface area (Å²) in [4.78, 5) is 0. The van der Waals surface area contributed by atoms with Gasteiger partial charge in [-0.1, -0.05) is 37.3 Å². The Balaban J connectivity index is 2.46. The molecule has 0 bridgehead atoms. The SMILES string of the molecule is CC(C)C[n+]1csc2ccccc21. The van der Waals surface area contributed by atoms with Crippen LogP contribution in [0.15, 0.2) is 29.8 Å². The minimum Gasteiger partial charge on any atom is -0.188 e. The predicted octanol–water partition coefficient (Wildman–Crippen LogP) is 2.84. The van der Waals surface area contributed by atoms with Crippen molar-refractivity contribution in [1.82, 2.24) is 0 Å². The van der Waals surface area contributed by atoms with Crippen molar-refractivity contribution in [2.45, 2.75) is 20.4 Å². The molecule has 0 saturated carbocycles. The first-order valence-electron chi connectivity index (χ1n) is 4.63. The average Bonchev–Trinajstić information content (AvgIpc) is 2.48. The molecular formula is C11H14NS+. The number of hydrogen-bond donors (Lipinski definition) is 0. The molecule has 0 amide bonds. The molecule has 2 aromatic rings. The minimum atomic E-state index is 0.711. The molecule has 13 heavy (non-hydrogen) atoms. The van der Waals surface area contributed by atoms with Gasteiger partial charge in [0.05, 0.1) is 0 Å². The van der Waals surface area contributed by atoms with Crippen LogP contribution >= 0.6 is 11.3 Å². The maximum atomic E-state index is 2.34. The molecule has 0 N–H and O–H groups in total. The van der Waals surface area contributed by atoms with E-state index in [0.29, 0.717) is 5.92 Å². The van der Waals surface area contributed by atoms with Crippen molar-refractivity contribution in [2.75, 3.05) is 0 Å². The Hall–Kier alpha value is -0.890. The molecule has 0 atom stereocenters. The van der Waals surface area contributed by atoms with Crippen LogP contribution < -0.4 is 4.57 Å². The Morgan fingerprint density at radius 3 is 2.85 bits per heavy atom. The van der Waals surface area contributed by atoms with Crippen LogP contribution in [-0.2, 0) is 6.54 Å². The van der Waals surface area contributed by atoms with E-state index in [1.54, 1.807) is 0 Å². The molecule has 0 aliphatic carbocycles. The van der Waals surface area contributed by atoms with Crippen molar-refractivity contribution in [2.24, 2.45) is 5.92 Å². The van der Waals surface area contributed by atoms with Gasteiger partial charge in [-0.05, 0) is 6.07 Å². The first-order chi connectivity index (χ1) is 6.27. The van der Waals surface area contributed by atoms with E-state index in [-0.39, 0.29) is 0 Å². The second-order valence-corrected chi connectivity index (χ2v) is 4.62. The monoisotopic (exact) mass is 192 g/mol. The molecule has 68 valence electrons. The van der Waals surface area contributed by atoms with Gasteiger partial charge < -0.3 is 0 Å². The van der Waals surface area contributed by atoms with Crippen LogP contribution in [0.4, 0.5) is 0 Å². The lowest BCUT2D eigenvalue weighted by Gasteiger charge is -1.97. The third-order valence-electron chi connectivity index (χ3n) is 2.04. The van der Waals surface area contributed by atoms with Crippen molar-refractivity contribution >= 4 is 21.6 Å². The number of aromatic nitrogens is 1. The van der Waals surface area contributed by atoms with Gasteiger partial charge >= 0.3 is 0 Å². The molecule has 0 aliphatic heterocycles. The first kappa shape index (κ1) is 8.70. The molecule has 0 aliphatic rings. The molecule has 0 spiro atoms. The molecule has 1 aromatic heterocycles. The Bertz CT molecular complexity index is 403. The summed E-state index contributed by atoms with van der Waals surface area (Å²) in [7, 11) is 0. The molecular weight excluding hydrogens is 178 g/mol. The molecule has 0 radical (unpaired) electrons. The second kappa shape index (κ2) is 3.46. The van der Waals surface area contributed by atoms with E-state index < -0.39 is 0 Å². The highest BCUT2D eigenvalue weighted by atomic mass is 32.1. The normalized spacial score (nSPS) is 11.3. The van der Waals surface area contributed by atoms with Gasteiger partial charge in [0.2, 0.25) is 11.0 Å². The third-order valence-corrected chi connectivity index (χ3v) is 3.00. The zero-order valence-electron chi connectivity index (χ0n) is 8.03. The zero-order valence-corrected chi connectivity index (χ0v) is 8.84. The van der Waals surface area contributed by atoms with E-state index in [9.17, 15) is 0 Å². The van der Waals surface area contributed by atoms with E-state index in [4.69, 9.17) is 0 Å². The molecule has 2 rings (SSSR count). The van der Waals surface area contributed by atoms with Crippen LogP contribution in [0.25, 0.3) is 10.2 Å². The van der Waals surface area contributed by atoms with E-state index in [2.05, 4.69) is 48.2 Å². The summed E-state index contributed by atoms with van der Waals surface area (Å²) in [6.07, 6.45) is 0. The van der Waals surface area contributed by atoms with Crippen molar-refractivity contribution < 1.29 is 4.57 Å². The predicted molar refractivity (Wildman–Crippen MR) is 56.9 cm³/mol. The quantitative estimate of drug-likeness (QED) is 0.644. The van der Waals surface area contributed by atoms with E-state index in [1.807, 2.05) is 11.3 Å². The van der Waals surface area contributed by atoms with Crippen molar-refractivity contribution in [3.8, 4) is 0 Å². The van der Waals surface area contributed by atoms with Crippen LogP contribution in [0.5, 0.6) is 0 Å². The molecule has 2 heteroatoms. The number of fused-ring (bicyclic) bond motifs is 1. The van der Waals surface area contributed by atoms with Gasteiger partial charge in [-0.3, -0.25) is 0 Å². The maximum Gasteiger partial charge on any atom is 0.225 e. The summed E-state index contributed by atoms with van der Waals surface area (Å²) in [6.45, 7) is 5.61. The van der Waals surface area contributed by atoms with Gasteiger partial charge in [-0.2, -0.15) is 4.57 Å². The van der Waals surface area contributed by atoms with Crippen LogP contribution in [0, 0.1) is 5.92 Å². The molecule has 0 unspecified atom stereocenters. The largest absolute Gasteiger partial charge is 0.225 e. The summed E-state index contributed by atoms with van der Waals surface area (Å²) >= 11 is 1.82. The highest BCUT2D eigenvalue weighted by molar-refractivity contribution is 7.16. The minimum absolute atomic E-state index is 0.711. The fourth-order valence-corrected chi connectivity index (χ4v) is 2.41. The third kappa shape index (κ3) is 1.73. The van der Waals surface area contributed by atoms with Crippen LogP contribution in [-0.4, -0.2) is 0 Å². The van der Waals surface area contributed by atoms with Gasteiger partial charge in [0.25, 0.3) is 0 Å². The van der Waals surface area contributed by atoms with Crippen LogP contribution in [0.1, 0.15) is 13.8 Å². The lowest BCUT2D eigenvalue weighted by molar-refractivity contribution is -0.672. The number of rotatable bonds is 2. The smallest absolute Gasteiger partial charge is 0.188 e. The van der Waals surface area contributed by atoms with Crippen molar-refractivity contribution in [1.29, 1.82) is 0 Å². The van der Waals surface area contributed by atoms with E-state index >= 15 is 0 Å². The van der Waals surface area contributed by atoms with E-state index in [1.165, 1.54) is 10.2 Å². The molecule has 0 saturated heterocycles. The van der Waals surface area contributed by atoms with Crippen molar-refractivity contribution in [3.63, 3.8) is 0 Å². The van der Waals surface area contributed by atoms with E-state index in [0.717, 1.165) is 6.54 Å². The standard InChI is InChI=1S/C11H14NS/c1-9(2)7-12-8-13-11-6-4-3-5-10(11)12/h3-6,8-9H,7H2,1-2H3/q+1. The van der Waals surface area contributed by atoms with Gasteiger partial charge in [0.15, 0.2) is 6.54 Å². The zero-order chi connectivity index (χ0) is 9.26. The molecule has 1 heterocycles. The number of hydrogen-bond acceptors (Lipinski definition) is 1. The summed E-state index contributed by atoms with van der Waals surface area (Å²) in [5.41, 5.74) is 3.58. The average molecular weight is 192 g/mol. The second-order valence-electron chi connectivity index (χ2n) is 3.74. The Morgan fingerprint density at radius 2 is 2.08 bits per heavy atom. The van der Waals surface area contributed by atoms with Gasteiger partial charge in [-0.15, -0.1) is 0 Å². The van der Waals surface area contributed by atoms with Crippen molar-refractivity contribution in [3.05, 3.63) is 29.8 Å². The summed E-state index contributed by atoms with van der Waals surface area (Å²) in [6, 6.07) is 8.56. The number of benzene rings is 1. The number of para-hydroxylation sites is 1. The topological polar surface area (TPSA) is 3.88 Å².